The molecule has 1 heterocycles. The van der Waals surface area contributed by atoms with E-state index in [1.54, 1.807) is 0 Å². The number of benzene rings is 7. The van der Waals surface area contributed by atoms with E-state index in [0.29, 0.717) is 0 Å². The van der Waals surface area contributed by atoms with E-state index >= 15 is 0 Å². The van der Waals surface area contributed by atoms with Crippen LogP contribution in [0.25, 0.3) is 76.5 Å². The van der Waals surface area contributed by atoms with Crippen LogP contribution in [-0.4, -0.2) is 0 Å². The lowest BCUT2D eigenvalue weighted by Crippen LogP contribution is -1.89. The third kappa shape index (κ3) is 3.17. The summed E-state index contributed by atoms with van der Waals surface area (Å²) in [7, 11) is 0. The van der Waals surface area contributed by atoms with Crippen molar-refractivity contribution in [1.29, 1.82) is 0 Å². The maximum absolute atomic E-state index is 6.15. The second-order valence-corrected chi connectivity index (χ2v) is 10.6. The van der Waals surface area contributed by atoms with Crippen molar-refractivity contribution in [3.8, 4) is 22.3 Å². The Morgan fingerprint density at radius 3 is 1.95 bits per heavy atom. The molecule has 8 aromatic rings. The number of rotatable bonds is 2. The average Bonchev–Trinajstić information content (AvgIpc) is 3.35. The van der Waals surface area contributed by atoms with Crippen LogP contribution < -0.4 is 0 Å². The Labute approximate surface area is 228 Å². The van der Waals surface area contributed by atoms with Gasteiger partial charge < -0.3 is 4.42 Å². The quantitative estimate of drug-likeness (QED) is 0.196. The van der Waals surface area contributed by atoms with Crippen LogP contribution in [0.2, 0.25) is 0 Å². The highest BCUT2D eigenvalue weighted by Crippen LogP contribution is 2.44. The monoisotopic (exact) mass is 548 g/mol. The van der Waals surface area contributed by atoms with Gasteiger partial charge in [0, 0.05) is 15.2 Å². The van der Waals surface area contributed by atoms with Crippen LogP contribution >= 0.6 is 15.9 Å². The Hall–Kier alpha value is -4.40. The fraction of sp³-hybridized carbons (Fsp3) is 0. The Bertz CT molecular complexity index is 2200. The first-order valence-corrected chi connectivity index (χ1v) is 13.6. The van der Waals surface area contributed by atoms with Gasteiger partial charge in [0.05, 0.1) is 0 Å². The number of halogens is 1. The first-order valence-electron chi connectivity index (χ1n) is 12.8. The molecule has 8 rings (SSSR count). The molecule has 0 aliphatic rings. The van der Waals surface area contributed by atoms with Gasteiger partial charge in [-0.25, -0.2) is 0 Å². The fourth-order valence-corrected chi connectivity index (χ4v) is 6.65. The zero-order valence-corrected chi connectivity index (χ0v) is 22.0. The molecule has 2 heteroatoms. The van der Waals surface area contributed by atoms with Gasteiger partial charge in [0.2, 0.25) is 0 Å². The number of hydrogen-bond donors (Lipinski definition) is 0. The minimum Gasteiger partial charge on any atom is -0.456 e. The third-order valence-corrected chi connectivity index (χ3v) is 8.58. The Balaban J connectivity index is 1.48. The van der Waals surface area contributed by atoms with Gasteiger partial charge >= 0.3 is 0 Å². The van der Waals surface area contributed by atoms with E-state index in [2.05, 4.69) is 131 Å². The van der Waals surface area contributed by atoms with Crippen LogP contribution in [0.4, 0.5) is 0 Å². The molecule has 0 fully saturated rings. The first kappa shape index (κ1) is 21.7. The molecule has 1 aromatic heterocycles. The van der Waals surface area contributed by atoms with Crippen LogP contribution in [-0.2, 0) is 0 Å². The lowest BCUT2D eigenvalue weighted by Gasteiger charge is -2.16. The van der Waals surface area contributed by atoms with E-state index < -0.39 is 0 Å². The molecule has 1 nitrogen and oxygen atoms in total. The Morgan fingerprint density at radius 1 is 0.421 bits per heavy atom. The zero-order chi connectivity index (χ0) is 25.2. The van der Waals surface area contributed by atoms with Crippen molar-refractivity contribution in [2.45, 2.75) is 0 Å². The highest BCUT2D eigenvalue weighted by atomic mass is 79.9. The summed E-state index contributed by atoms with van der Waals surface area (Å²) in [5, 5.41) is 9.69. The Kier molecular flexibility index (Phi) is 4.74. The predicted octanol–water partition coefficient (Wildman–Crippen LogP) is 11.1. The molecular formula is C36H21BrO. The van der Waals surface area contributed by atoms with Gasteiger partial charge in [0.25, 0.3) is 0 Å². The molecule has 0 bridgehead atoms. The van der Waals surface area contributed by atoms with E-state index in [0.717, 1.165) is 26.4 Å². The van der Waals surface area contributed by atoms with Crippen LogP contribution in [0.5, 0.6) is 0 Å². The Morgan fingerprint density at radius 2 is 1.05 bits per heavy atom. The minimum absolute atomic E-state index is 0.914. The predicted molar refractivity (Wildman–Crippen MR) is 165 cm³/mol. The summed E-state index contributed by atoms with van der Waals surface area (Å²) in [6, 6.07) is 45.6. The number of fused-ring (bicyclic) bond motifs is 6. The van der Waals surface area contributed by atoms with Crippen molar-refractivity contribution < 1.29 is 4.42 Å². The molecule has 0 N–H and O–H groups in total. The number of hydrogen-bond acceptors (Lipinski definition) is 1. The normalized spacial score (nSPS) is 11.8. The molecule has 0 aliphatic heterocycles. The molecule has 7 aromatic carbocycles. The van der Waals surface area contributed by atoms with Crippen molar-refractivity contribution >= 4 is 70.2 Å². The van der Waals surface area contributed by atoms with Crippen LogP contribution in [0.3, 0.4) is 0 Å². The summed E-state index contributed by atoms with van der Waals surface area (Å²) in [5.41, 5.74) is 6.73. The molecule has 0 amide bonds. The fourth-order valence-electron chi connectivity index (χ4n) is 5.96. The van der Waals surface area contributed by atoms with Crippen LogP contribution in [0, 0.1) is 0 Å². The summed E-state index contributed by atoms with van der Waals surface area (Å²) in [4.78, 5) is 0. The highest BCUT2D eigenvalue weighted by molar-refractivity contribution is 9.10. The van der Waals surface area contributed by atoms with Gasteiger partial charge in [0.1, 0.15) is 11.2 Å². The summed E-state index contributed by atoms with van der Waals surface area (Å²) < 4.78 is 7.28. The van der Waals surface area contributed by atoms with E-state index in [9.17, 15) is 0 Å². The van der Waals surface area contributed by atoms with Crippen molar-refractivity contribution in [3.05, 3.63) is 132 Å². The van der Waals surface area contributed by atoms with Gasteiger partial charge in [-0.3, -0.25) is 0 Å². The van der Waals surface area contributed by atoms with Gasteiger partial charge in [-0.05, 0) is 94.8 Å². The smallest absolute Gasteiger partial charge is 0.135 e. The number of furan rings is 1. The third-order valence-electron chi connectivity index (χ3n) is 7.72. The summed E-state index contributed by atoms with van der Waals surface area (Å²) in [5.74, 6) is 0. The van der Waals surface area contributed by atoms with Gasteiger partial charge in [-0.1, -0.05) is 103 Å². The molecule has 0 aliphatic carbocycles. The van der Waals surface area contributed by atoms with Crippen molar-refractivity contribution in [3.63, 3.8) is 0 Å². The molecule has 0 saturated carbocycles. The van der Waals surface area contributed by atoms with Crippen LogP contribution in [0.15, 0.2) is 136 Å². The molecule has 0 unspecified atom stereocenters. The van der Waals surface area contributed by atoms with E-state index in [-0.39, 0.29) is 0 Å². The molecular weight excluding hydrogens is 528 g/mol. The molecule has 0 atom stereocenters. The van der Waals surface area contributed by atoms with Crippen molar-refractivity contribution in [1.82, 2.24) is 0 Å². The van der Waals surface area contributed by atoms with Gasteiger partial charge in [0.15, 0.2) is 0 Å². The second-order valence-electron chi connectivity index (χ2n) is 9.83. The summed E-state index contributed by atoms with van der Waals surface area (Å²) in [6.07, 6.45) is 0. The second kappa shape index (κ2) is 8.31. The molecule has 0 saturated heterocycles. The zero-order valence-electron chi connectivity index (χ0n) is 20.4. The van der Waals surface area contributed by atoms with Gasteiger partial charge in [-0.2, -0.15) is 0 Å². The minimum atomic E-state index is 0.914. The van der Waals surface area contributed by atoms with E-state index in [1.165, 1.54) is 54.6 Å². The SMILES string of the molecule is Brc1c2ccccc2c(-c2ccc3oc4ccccc4c3c2)c2cc(-c3cccc4ccccc34)ccc12. The molecule has 38 heavy (non-hydrogen) atoms. The van der Waals surface area contributed by atoms with Gasteiger partial charge in [-0.15, -0.1) is 0 Å². The summed E-state index contributed by atoms with van der Waals surface area (Å²) >= 11 is 3.96. The molecule has 178 valence electrons. The average molecular weight is 549 g/mol. The maximum atomic E-state index is 6.15. The lowest BCUT2D eigenvalue weighted by molar-refractivity contribution is 0.669. The van der Waals surface area contributed by atoms with Crippen molar-refractivity contribution in [2.75, 3.05) is 0 Å². The topological polar surface area (TPSA) is 13.1 Å². The maximum Gasteiger partial charge on any atom is 0.135 e. The molecule has 0 spiro atoms. The van der Waals surface area contributed by atoms with E-state index in [1.807, 2.05) is 12.1 Å². The highest BCUT2D eigenvalue weighted by Gasteiger charge is 2.17. The summed E-state index contributed by atoms with van der Waals surface area (Å²) in [6.45, 7) is 0. The molecule has 0 radical (unpaired) electrons. The largest absolute Gasteiger partial charge is 0.456 e. The van der Waals surface area contributed by atoms with E-state index in [4.69, 9.17) is 4.42 Å². The standard InChI is InChI=1S/C36H21BrO/c37-36-29-13-4-3-12-28(29)35(24-17-19-34-31(21-24)27-11-5-6-15-33(27)38-34)32-20-23(16-18-30(32)36)26-14-7-9-22-8-1-2-10-25(22)26/h1-21H. The van der Waals surface area contributed by atoms with Crippen LogP contribution in [0.1, 0.15) is 0 Å². The first-order chi connectivity index (χ1) is 18.8. The van der Waals surface area contributed by atoms with Crippen molar-refractivity contribution in [2.24, 2.45) is 0 Å². The lowest BCUT2D eigenvalue weighted by atomic mass is 9.89. The number of para-hydroxylation sites is 1.